The summed E-state index contributed by atoms with van der Waals surface area (Å²) < 4.78 is 0. The highest BCUT2D eigenvalue weighted by atomic mass is 16.5. The third-order valence-electron chi connectivity index (χ3n) is 1.41. The maximum Gasteiger partial charge on any atom is 0.217 e. The van der Waals surface area contributed by atoms with Gasteiger partial charge < -0.3 is 25.5 Å². The Kier molecular flexibility index (Phi) is 1.63. The van der Waals surface area contributed by atoms with Gasteiger partial charge in [0.25, 0.3) is 0 Å². The monoisotopic (exact) mass is 160 g/mol. The largest absolute Gasteiger partial charge is 0.506 e. The molecule has 5 N–H and O–H groups in total. The number of rotatable bonds is 0. The summed E-state index contributed by atoms with van der Waals surface area (Å²) in [4.78, 5) is 0. The maximum atomic E-state index is 8.86. The Morgan fingerprint density at radius 1 is 1.27 bits per heavy atom. The third-order valence-corrected chi connectivity index (χ3v) is 1.41. The Bertz CT molecular complexity index is 227. The molecule has 0 bridgehead atoms. The van der Waals surface area contributed by atoms with Crippen molar-refractivity contribution in [2.45, 2.75) is 11.9 Å². The van der Waals surface area contributed by atoms with Crippen molar-refractivity contribution in [2.75, 3.05) is 0 Å². The lowest BCUT2D eigenvalue weighted by atomic mass is 10.0. The molecule has 0 saturated heterocycles. The minimum atomic E-state index is -2.50. The fourth-order valence-electron chi connectivity index (χ4n) is 0.719. The minimum absolute atomic E-state index is 0.573. The molecule has 1 unspecified atom stereocenters. The molecular weight excluding hydrogens is 152 g/mol. The fourth-order valence-corrected chi connectivity index (χ4v) is 0.719. The van der Waals surface area contributed by atoms with Crippen molar-refractivity contribution in [1.29, 1.82) is 0 Å². The van der Waals surface area contributed by atoms with Gasteiger partial charge in [-0.25, -0.2) is 0 Å². The summed E-state index contributed by atoms with van der Waals surface area (Å²) in [6.45, 7) is 0. The van der Waals surface area contributed by atoms with Gasteiger partial charge in [0, 0.05) is 0 Å². The van der Waals surface area contributed by atoms with Crippen LogP contribution in [-0.2, 0) is 0 Å². The van der Waals surface area contributed by atoms with E-state index in [0.29, 0.717) is 0 Å². The topological polar surface area (TPSA) is 101 Å². The van der Waals surface area contributed by atoms with E-state index in [-0.39, 0.29) is 0 Å². The van der Waals surface area contributed by atoms with Crippen LogP contribution >= 0.6 is 0 Å². The Balaban J connectivity index is 3.01. The van der Waals surface area contributed by atoms with Gasteiger partial charge in [0.15, 0.2) is 17.6 Å². The first kappa shape index (κ1) is 8.06. The van der Waals surface area contributed by atoms with Gasteiger partial charge in [-0.1, -0.05) is 0 Å². The lowest BCUT2D eigenvalue weighted by Crippen LogP contribution is -2.43. The normalized spacial score (nSPS) is 29.2. The van der Waals surface area contributed by atoms with Crippen molar-refractivity contribution in [3.05, 3.63) is 23.7 Å². The van der Waals surface area contributed by atoms with Crippen LogP contribution in [0.4, 0.5) is 0 Å². The zero-order valence-corrected chi connectivity index (χ0v) is 5.47. The second kappa shape index (κ2) is 2.23. The molecule has 0 aromatic carbocycles. The van der Waals surface area contributed by atoms with Gasteiger partial charge in [0.1, 0.15) is 0 Å². The summed E-state index contributed by atoms with van der Waals surface area (Å²) >= 11 is 0. The lowest BCUT2D eigenvalue weighted by molar-refractivity contribution is -0.187. The Hall–Kier alpha value is -1.04. The zero-order chi connectivity index (χ0) is 8.65. The molecule has 1 rings (SSSR count). The van der Waals surface area contributed by atoms with Gasteiger partial charge >= 0.3 is 0 Å². The molecule has 0 spiro atoms. The van der Waals surface area contributed by atoms with Crippen LogP contribution in [0.15, 0.2) is 23.7 Å². The standard InChI is InChI=1S/C6H8O5/c7-3-1-2-6(10,11)5(9)4(3)8/h1-2,5,7-11H. The zero-order valence-electron chi connectivity index (χ0n) is 5.47. The predicted octanol–water partition coefficient (Wildman–Crippen LogP) is -1.07. The van der Waals surface area contributed by atoms with Gasteiger partial charge in [-0.15, -0.1) is 0 Å². The number of hydrogen-bond acceptors (Lipinski definition) is 5. The summed E-state index contributed by atoms with van der Waals surface area (Å²) in [5, 5.41) is 44.1. The van der Waals surface area contributed by atoms with Crippen LogP contribution < -0.4 is 0 Å². The number of hydrogen-bond donors (Lipinski definition) is 5. The first-order valence-electron chi connectivity index (χ1n) is 2.89. The Morgan fingerprint density at radius 2 is 1.82 bits per heavy atom. The molecule has 0 fully saturated rings. The van der Waals surface area contributed by atoms with Crippen LogP contribution in [0.5, 0.6) is 0 Å². The highest BCUT2D eigenvalue weighted by Crippen LogP contribution is 2.22. The van der Waals surface area contributed by atoms with E-state index in [0.717, 1.165) is 12.2 Å². The maximum absolute atomic E-state index is 8.86. The molecule has 1 aliphatic rings. The second-order valence-corrected chi connectivity index (χ2v) is 2.29. The van der Waals surface area contributed by atoms with Crippen molar-refractivity contribution < 1.29 is 25.5 Å². The number of aliphatic hydroxyl groups is 5. The van der Waals surface area contributed by atoms with Crippen molar-refractivity contribution in [3.63, 3.8) is 0 Å². The molecule has 0 aliphatic heterocycles. The first-order chi connectivity index (χ1) is 4.95. The second-order valence-electron chi connectivity index (χ2n) is 2.29. The number of aliphatic hydroxyl groups excluding tert-OH is 3. The van der Waals surface area contributed by atoms with E-state index < -0.39 is 23.4 Å². The predicted molar refractivity (Wildman–Crippen MR) is 34.6 cm³/mol. The molecule has 0 radical (unpaired) electrons. The van der Waals surface area contributed by atoms with Crippen LogP contribution in [0.25, 0.3) is 0 Å². The summed E-state index contributed by atoms with van der Waals surface area (Å²) in [5.74, 6) is -3.93. The highest BCUT2D eigenvalue weighted by Gasteiger charge is 2.37. The number of allylic oxidation sites excluding steroid dienone is 1. The van der Waals surface area contributed by atoms with E-state index in [2.05, 4.69) is 0 Å². The fraction of sp³-hybridized carbons (Fsp3) is 0.333. The molecule has 0 heterocycles. The molecule has 11 heavy (non-hydrogen) atoms. The van der Waals surface area contributed by atoms with E-state index in [4.69, 9.17) is 25.5 Å². The van der Waals surface area contributed by atoms with Crippen molar-refractivity contribution >= 4 is 0 Å². The van der Waals surface area contributed by atoms with Gasteiger partial charge in [-0.3, -0.25) is 0 Å². The molecule has 5 heteroatoms. The summed E-state index contributed by atoms with van der Waals surface area (Å²) in [5.41, 5.74) is 0. The van der Waals surface area contributed by atoms with E-state index in [1.807, 2.05) is 0 Å². The van der Waals surface area contributed by atoms with Gasteiger partial charge in [-0.05, 0) is 12.2 Å². The summed E-state index contributed by atoms with van der Waals surface area (Å²) in [6.07, 6.45) is -0.234. The molecule has 5 nitrogen and oxygen atoms in total. The summed E-state index contributed by atoms with van der Waals surface area (Å²) in [6, 6.07) is 0. The average molecular weight is 160 g/mol. The third kappa shape index (κ3) is 1.21. The molecule has 0 saturated carbocycles. The van der Waals surface area contributed by atoms with E-state index in [9.17, 15) is 0 Å². The molecule has 0 amide bonds. The van der Waals surface area contributed by atoms with Crippen LogP contribution in [0, 0.1) is 0 Å². The van der Waals surface area contributed by atoms with Crippen LogP contribution in [-0.4, -0.2) is 37.4 Å². The Morgan fingerprint density at radius 3 is 2.27 bits per heavy atom. The molecule has 0 aromatic rings. The average Bonchev–Trinajstić information content (AvgIpc) is 1.95. The van der Waals surface area contributed by atoms with E-state index in [1.54, 1.807) is 0 Å². The van der Waals surface area contributed by atoms with Gasteiger partial charge in [0.2, 0.25) is 5.79 Å². The van der Waals surface area contributed by atoms with Crippen molar-refractivity contribution in [2.24, 2.45) is 0 Å². The van der Waals surface area contributed by atoms with Crippen molar-refractivity contribution in [3.8, 4) is 0 Å². The van der Waals surface area contributed by atoms with Gasteiger partial charge in [0.05, 0.1) is 0 Å². The quantitative estimate of drug-likeness (QED) is 0.290. The van der Waals surface area contributed by atoms with Crippen molar-refractivity contribution in [1.82, 2.24) is 0 Å². The van der Waals surface area contributed by atoms with Crippen LogP contribution in [0.1, 0.15) is 0 Å². The molecule has 0 aromatic heterocycles. The molecular formula is C6H8O5. The Labute approximate surface area is 62.2 Å². The SMILES string of the molecule is OC1=C(O)C(O)C(O)(O)C=C1. The lowest BCUT2D eigenvalue weighted by Gasteiger charge is -2.26. The first-order valence-corrected chi connectivity index (χ1v) is 2.89. The summed E-state index contributed by atoms with van der Waals surface area (Å²) in [7, 11) is 0. The minimum Gasteiger partial charge on any atom is -0.506 e. The van der Waals surface area contributed by atoms with Crippen LogP contribution in [0.2, 0.25) is 0 Å². The molecule has 1 aliphatic carbocycles. The van der Waals surface area contributed by atoms with Crippen LogP contribution in [0.3, 0.4) is 0 Å². The smallest absolute Gasteiger partial charge is 0.217 e. The van der Waals surface area contributed by atoms with E-state index in [1.165, 1.54) is 0 Å². The van der Waals surface area contributed by atoms with E-state index >= 15 is 0 Å². The van der Waals surface area contributed by atoms with Gasteiger partial charge in [-0.2, -0.15) is 0 Å². The molecule has 62 valence electrons. The molecule has 1 atom stereocenters. The highest BCUT2D eigenvalue weighted by molar-refractivity contribution is 5.27.